The van der Waals surface area contributed by atoms with Crippen molar-refractivity contribution in [2.75, 3.05) is 6.54 Å². The molecule has 16 heavy (non-hydrogen) atoms. The molecular weight excluding hydrogens is 204 g/mol. The molecule has 1 saturated carbocycles. The monoisotopic (exact) mass is 228 g/mol. The number of hydrogen-bond acceptors (Lipinski definition) is 3. The predicted octanol–water partition coefficient (Wildman–Crippen LogP) is 0.781. The molecule has 4 N–H and O–H groups in total. The molecule has 3 unspecified atom stereocenters. The van der Waals surface area contributed by atoms with E-state index in [1.807, 2.05) is 13.8 Å². The van der Waals surface area contributed by atoms with E-state index in [4.69, 9.17) is 5.73 Å². The van der Waals surface area contributed by atoms with Crippen LogP contribution in [0.4, 0.5) is 0 Å². The van der Waals surface area contributed by atoms with Gasteiger partial charge in [0.15, 0.2) is 0 Å². The Morgan fingerprint density at radius 3 is 2.62 bits per heavy atom. The van der Waals surface area contributed by atoms with Gasteiger partial charge in [0.25, 0.3) is 0 Å². The maximum atomic E-state index is 12.0. The zero-order chi connectivity index (χ0) is 12.2. The third kappa shape index (κ3) is 2.95. The highest BCUT2D eigenvalue weighted by Gasteiger charge is 2.33. The van der Waals surface area contributed by atoms with Crippen LogP contribution in [-0.4, -0.2) is 29.7 Å². The molecule has 1 rings (SSSR count). The van der Waals surface area contributed by atoms with Gasteiger partial charge in [0.1, 0.15) is 0 Å². The summed E-state index contributed by atoms with van der Waals surface area (Å²) in [4.78, 5) is 12.0. The van der Waals surface area contributed by atoms with Gasteiger partial charge < -0.3 is 16.2 Å². The van der Waals surface area contributed by atoms with Crippen molar-refractivity contribution in [1.82, 2.24) is 5.32 Å². The number of amides is 1. The van der Waals surface area contributed by atoms with Crippen LogP contribution in [0.2, 0.25) is 0 Å². The largest absolute Gasteiger partial charge is 0.391 e. The standard InChI is InChI=1S/C12H24N2O2/c1-3-12(2,8-13)11(16)14-9-6-4-5-7-10(9)15/h9-10,15H,3-8,13H2,1-2H3,(H,14,16). The summed E-state index contributed by atoms with van der Waals surface area (Å²) in [6.45, 7) is 4.18. The highest BCUT2D eigenvalue weighted by Crippen LogP contribution is 2.23. The fourth-order valence-electron chi connectivity index (χ4n) is 2.02. The van der Waals surface area contributed by atoms with E-state index in [0.717, 1.165) is 32.1 Å². The van der Waals surface area contributed by atoms with Crippen LogP contribution in [0.15, 0.2) is 0 Å². The number of nitrogens with two attached hydrogens (primary N) is 1. The van der Waals surface area contributed by atoms with E-state index in [-0.39, 0.29) is 11.9 Å². The van der Waals surface area contributed by atoms with Gasteiger partial charge in [0.2, 0.25) is 5.91 Å². The normalized spacial score (nSPS) is 29.5. The highest BCUT2D eigenvalue weighted by molar-refractivity contribution is 5.82. The molecule has 4 heteroatoms. The average molecular weight is 228 g/mol. The highest BCUT2D eigenvalue weighted by atomic mass is 16.3. The van der Waals surface area contributed by atoms with Gasteiger partial charge in [-0.15, -0.1) is 0 Å². The Morgan fingerprint density at radius 1 is 1.50 bits per heavy atom. The number of hydrogen-bond donors (Lipinski definition) is 3. The van der Waals surface area contributed by atoms with E-state index in [9.17, 15) is 9.90 Å². The lowest BCUT2D eigenvalue weighted by Gasteiger charge is -2.33. The summed E-state index contributed by atoms with van der Waals surface area (Å²) in [5.41, 5.74) is 5.13. The first-order valence-corrected chi connectivity index (χ1v) is 6.22. The van der Waals surface area contributed by atoms with Gasteiger partial charge in [-0.05, 0) is 26.2 Å². The number of aliphatic hydroxyl groups is 1. The van der Waals surface area contributed by atoms with Crippen molar-refractivity contribution in [1.29, 1.82) is 0 Å². The number of nitrogens with one attached hydrogen (secondary N) is 1. The average Bonchev–Trinajstić information content (AvgIpc) is 2.31. The van der Waals surface area contributed by atoms with Crippen molar-refractivity contribution in [3.8, 4) is 0 Å². The van der Waals surface area contributed by atoms with Crippen LogP contribution in [0.1, 0.15) is 46.0 Å². The van der Waals surface area contributed by atoms with E-state index >= 15 is 0 Å². The SMILES string of the molecule is CCC(C)(CN)C(=O)NC1CCCCC1O. The molecule has 0 bridgehead atoms. The van der Waals surface area contributed by atoms with E-state index in [0.29, 0.717) is 6.54 Å². The molecule has 0 aliphatic heterocycles. The van der Waals surface area contributed by atoms with E-state index in [2.05, 4.69) is 5.32 Å². The number of rotatable bonds is 4. The summed E-state index contributed by atoms with van der Waals surface area (Å²) in [5, 5.41) is 12.7. The molecule has 1 amide bonds. The van der Waals surface area contributed by atoms with Gasteiger partial charge in [0.05, 0.1) is 17.6 Å². The third-order valence-corrected chi connectivity index (χ3v) is 3.83. The molecule has 0 heterocycles. The minimum absolute atomic E-state index is 0.0246. The predicted molar refractivity (Wildman–Crippen MR) is 63.9 cm³/mol. The summed E-state index contributed by atoms with van der Waals surface area (Å²) in [6.07, 6.45) is 4.12. The second-order valence-corrected chi connectivity index (χ2v) is 5.05. The van der Waals surface area contributed by atoms with Crippen molar-refractivity contribution >= 4 is 5.91 Å². The summed E-state index contributed by atoms with van der Waals surface area (Å²) in [6, 6.07) is -0.0846. The zero-order valence-electron chi connectivity index (χ0n) is 10.3. The molecule has 0 aromatic rings. The maximum absolute atomic E-state index is 12.0. The lowest BCUT2D eigenvalue weighted by Crippen LogP contribution is -2.51. The second-order valence-electron chi connectivity index (χ2n) is 5.05. The van der Waals surface area contributed by atoms with Gasteiger partial charge in [-0.2, -0.15) is 0 Å². The number of aliphatic hydroxyl groups excluding tert-OH is 1. The van der Waals surface area contributed by atoms with Crippen LogP contribution in [-0.2, 0) is 4.79 Å². The molecule has 1 fully saturated rings. The van der Waals surface area contributed by atoms with E-state index in [1.165, 1.54) is 0 Å². The quantitative estimate of drug-likeness (QED) is 0.665. The molecule has 0 aromatic carbocycles. The Morgan fingerprint density at radius 2 is 2.12 bits per heavy atom. The molecule has 94 valence electrons. The molecule has 4 nitrogen and oxygen atoms in total. The van der Waals surface area contributed by atoms with Crippen LogP contribution >= 0.6 is 0 Å². The Bertz CT molecular complexity index is 239. The first-order valence-electron chi connectivity index (χ1n) is 6.22. The second kappa shape index (κ2) is 5.64. The van der Waals surface area contributed by atoms with Crippen LogP contribution in [0.3, 0.4) is 0 Å². The minimum Gasteiger partial charge on any atom is -0.391 e. The maximum Gasteiger partial charge on any atom is 0.227 e. The molecule has 0 aromatic heterocycles. The molecule has 0 radical (unpaired) electrons. The van der Waals surface area contributed by atoms with Gasteiger partial charge in [-0.1, -0.05) is 19.8 Å². The number of carbonyl (C=O) groups excluding carboxylic acids is 1. The summed E-state index contributed by atoms with van der Waals surface area (Å²) in [5.74, 6) is -0.0246. The summed E-state index contributed by atoms with van der Waals surface area (Å²) >= 11 is 0. The van der Waals surface area contributed by atoms with Crippen molar-refractivity contribution in [2.45, 2.75) is 58.1 Å². The van der Waals surface area contributed by atoms with Crippen molar-refractivity contribution in [3.05, 3.63) is 0 Å². The smallest absolute Gasteiger partial charge is 0.227 e. The molecule has 3 atom stereocenters. The minimum atomic E-state index is -0.503. The van der Waals surface area contributed by atoms with Crippen LogP contribution in [0, 0.1) is 5.41 Å². The van der Waals surface area contributed by atoms with Gasteiger partial charge in [0, 0.05) is 6.54 Å². The Labute approximate surface area is 97.6 Å². The van der Waals surface area contributed by atoms with Crippen molar-refractivity contribution < 1.29 is 9.90 Å². The Hall–Kier alpha value is -0.610. The molecule has 1 aliphatic carbocycles. The third-order valence-electron chi connectivity index (χ3n) is 3.83. The van der Waals surface area contributed by atoms with Gasteiger partial charge >= 0.3 is 0 Å². The van der Waals surface area contributed by atoms with Crippen molar-refractivity contribution in [2.24, 2.45) is 11.1 Å². The topological polar surface area (TPSA) is 75.4 Å². The fourth-order valence-corrected chi connectivity index (χ4v) is 2.02. The van der Waals surface area contributed by atoms with Crippen LogP contribution in [0.5, 0.6) is 0 Å². The first-order chi connectivity index (χ1) is 7.53. The fraction of sp³-hybridized carbons (Fsp3) is 0.917. The summed E-state index contributed by atoms with van der Waals surface area (Å²) < 4.78 is 0. The zero-order valence-corrected chi connectivity index (χ0v) is 10.3. The van der Waals surface area contributed by atoms with E-state index in [1.54, 1.807) is 0 Å². The molecule has 1 aliphatic rings. The van der Waals surface area contributed by atoms with Crippen molar-refractivity contribution in [3.63, 3.8) is 0 Å². The molecule has 0 saturated heterocycles. The van der Waals surface area contributed by atoms with Gasteiger partial charge in [-0.25, -0.2) is 0 Å². The van der Waals surface area contributed by atoms with E-state index < -0.39 is 11.5 Å². The molecular formula is C12H24N2O2. The van der Waals surface area contributed by atoms with Gasteiger partial charge in [-0.3, -0.25) is 4.79 Å². The Kier molecular flexibility index (Phi) is 4.74. The van der Waals surface area contributed by atoms with Crippen LogP contribution < -0.4 is 11.1 Å². The first kappa shape index (κ1) is 13.5. The lowest BCUT2D eigenvalue weighted by atomic mass is 9.85. The Balaban J connectivity index is 2.55. The lowest BCUT2D eigenvalue weighted by molar-refractivity contribution is -0.131. The summed E-state index contributed by atoms with van der Waals surface area (Å²) in [7, 11) is 0. The number of carbonyl (C=O) groups is 1. The van der Waals surface area contributed by atoms with Crippen LogP contribution in [0.25, 0.3) is 0 Å². The molecule has 0 spiro atoms.